The molecule has 0 radical (unpaired) electrons. The van der Waals surface area contributed by atoms with Crippen LogP contribution in [-0.4, -0.2) is 49.2 Å². The van der Waals surface area contributed by atoms with Gasteiger partial charge in [0.15, 0.2) is 18.5 Å². The topological polar surface area (TPSA) is 125 Å². The highest BCUT2D eigenvalue weighted by atomic mass is 16.5. The van der Waals surface area contributed by atoms with Crippen molar-refractivity contribution in [2.45, 2.75) is 25.9 Å². The lowest BCUT2D eigenvalue weighted by Gasteiger charge is -2.13. The van der Waals surface area contributed by atoms with Crippen LogP contribution >= 0.6 is 0 Å². The molecule has 3 rings (SSSR count). The fraction of sp³-hybridized carbons (Fsp3) is 0.207. The molecule has 9 heteroatoms. The van der Waals surface area contributed by atoms with E-state index in [9.17, 15) is 24.0 Å². The molecular formula is C29H27NO8. The normalized spacial score (nSPS) is 11.1. The molecule has 196 valence electrons. The standard InChI is InChI=1S/C29H27NO8/c1-19(28(34)21-10-14-24(36-2)15-11-21)38-29(35)22-8-12-23(13-9-22)30-26(32)16-17-27(33)37-18-25(31)20-6-4-3-5-7-20/h3-15,19H,16-18H2,1-2H3,(H,30,32)/t19-/m0/s1. The van der Waals surface area contributed by atoms with Gasteiger partial charge in [0.1, 0.15) is 5.75 Å². The van der Waals surface area contributed by atoms with Gasteiger partial charge >= 0.3 is 11.9 Å². The van der Waals surface area contributed by atoms with Crippen LogP contribution in [0.5, 0.6) is 5.75 Å². The summed E-state index contributed by atoms with van der Waals surface area (Å²) >= 11 is 0. The van der Waals surface area contributed by atoms with Crippen LogP contribution in [-0.2, 0) is 19.1 Å². The molecule has 0 aliphatic carbocycles. The number of methoxy groups -OCH3 is 1. The number of ether oxygens (including phenoxy) is 3. The van der Waals surface area contributed by atoms with Crippen molar-refractivity contribution in [3.8, 4) is 5.75 Å². The summed E-state index contributed by atoms with van der Waals surface area (Å²) in [5.74, 6) is -1.88. The first-order valence-electron chi connectivity index (χ1n) is 11.8. The van der Waals surface area contributed by atoms with Crippen LogP contribution in [0.15, 0.2) is 78.9 Å². The summed E-state index contributed by atoms with van der Waals surface area (Å²) in [6.45, 7) is 1.09. The number of hydrogen-bond donors (Lipinski definition) is 1. The molecule has 0 aromatic heterocycles. The van der Waals surface area contributed by atoms with Gasteiger partial charge in [0, 0.05) is 23.2 Å². The second-order valence-corrected chi connectivity index (χ2v) is 8.22. The minimum absolute atomic E-state index is 0.146. The van der Waals surface area contributed by atoms with E-state index in [0.717, 1.165) is 0 Å². The molecule has 0 fully saturated rings. The predicted octanol–water partition coefficient (Wildman–Crippen LogP) is 4.27. The molecule has 1 amide bonds. The Hall–Kier alpha value is -4.79. The Labute approximate surface area is 219 Å². The lowest BCUT2D eigenvalue weighted by Crippen LogP contribution is -2.24. The van der Waals surface area contributed by atoms with E-state index in [1.807, 2.05) is 0 Å². The highest BCUT2D eigenvalue weighted by Gasteiger charge is 2.20. The number of carbonyl (C=O) groups excluding carboxylic acids is 5. The predicted molar refractivity (Wildman–Crippen MR) is 138 cm³/mol. The highest BCUT2D eigenvalue weighted by Crippen LogP contribution is 2.16. The van der Waals surface area contributed by atoms with Gasteiger partial charge in [-0.2, -0.15) is 0 Å². The summed E-state index contributed by atoms with van der Waals surface area (Å²) < 4.78 is 15.3. The van der Waals surface area contributed by atoms with E-state index in [0.29, 0.717) is 22.6 Å². The fourth-order valence-electron chi connectivity index (χ4n) is 3.33. The number of anilines is 1. The van der Waals surface area contributed by atoms with Crippen molar-refractivity contribution in [2.24, 2.45) is 0 Å². The highest BCUT2D eigenvalue weighted by molar-refractivity contribution is 6.01. The van der Waals surface area contributed by atoms with Gasteiger partial charge in [-0.25, -0.2) is 4.79 Å². The smallest absolute Gasteiger partial charge is 0.338 e. The number of Topliss-reactive ketones (excluding diaryl/α,β-unsaturated/α-hetero) is 2. The number of carbonyl (C=O) groups is 5. The Morgan fingerprint density at radius 3 is 2.03 bits per heavy atom. The summed E-state index contributed by atoms with van der Waals surface area (Å²) in [5.41, 5.74) is 1.42. The Kier molecular flexibility index (Phi) is 9.87. The largest absolute Gasteiger partial charge is 0.497 e. The number of benzene rings is 3. The van der Waals surface area contributed by atoms with Gasteiger partial charge in [0.05, 0.1) is 19.1 Å². The van der Waals surface area contributed by atoms with Gasteiger partial charge in [-0.1, -0.05) is 30.3 Å². The SMILES string of the molecule is COc1ccc(C(=O)[C@H](C)OC(=O)c2ccc(NC(=O)CCC(=O)OCC(=O)c3ccccc3)cc2)cc1. The number of amides is 1. The molecule has 1 N–H and O–H groups in total. The zero-order valence-electron chi connectivity index (χ0n) is 21.0. The minimum atomic E-state index is -1.00. The lowest BCUT2D eigenvalue weighted by molar-refractivity contribution is -0.143. The van der Waals surface area contributed by atoms with Crippen molar-refractivity contribution < 1.29 is 38.2 Å². The van der Waals surface area contributed by atoms with Crippen LogP contribution in [0.2, 0.25) is 0 Å². The van der Waals surface area contributed by atoms with Crippen molar-refractivity contribution in [1.29, 1.82) is 0 Å². The molecule has 0 bridgehead atoms. The summed E-state index contributed by atoms with van der Waals surface area (Å²) in [7, 11) is 1.52. The number of ketones is 2. The zero-order valence-corrected chi connectivity index (χ0v) is 21.0. The van der Waals surface area contributed by atoms with Gasteiger partial charge in [-0.15, -0.1) is 0 Å². The van der Waals surface area contributed by atoms with E-state index in [-0.39, 0.29) is 30.0 Å². The van der Waals surface area contributed by atoms with E-state index >= 15 is 0 Å². The molecule has 3 aromatic rings. The summed E-state index contributed by atoms with van der Waals surface area (Å²) in [6.07, 6.45) is -1.34. The molecule has 0 unspecified atom stereocenters. The Morgan fingerprint density at radius 2 is 1.39 bits per heavy atom. The second kappa shape index (κ2) is 13.5. The van der Waals surface area contributed by atoms with Gasteiger partial charge in [0.2, 0.25) is 11.7 Å². The second-order valence-electron chi connectivity index (χ2n) is 8.22. The van der Waals surface area contributed by atoms with Crippen LogP contribution in [0, 0.1) is 0 Å². The Bertz CT molecular complexity index is 1280. The maximum absolute atomic E-state index is 12.5. The Balaban J connectivity index is 1.42. The quantitative estimate of drug-likeness (QED) is 0.279. The molecule has 9 nitrogen and oxygen atoms in total. The first kappa shape index (κ1) is 27.8. The van der Waals surface area contributed by atoms with Crippen molar-refractivity contribution in [1.82, 2.24) is 0 Å². The maximum atomic E-state index is 12.5. The zero-order chi connectivity index (χ0) is 27.5. The molecule has 0 heterocycles. The summed E-state index contributed by atoms with van der Waals surface area (Å²) in [5, 5.41) is 2.61. The van der Waals surface area contributed by atoms with Crippen LogP contribution < -0.4 is 10.1 Å². The van der Waals surface area contributed by atoms with Crippen LogP contribution in [0.3, 0.4) is 0 Å². The molecular weight excluding hydrogens is 490 g/mol. The van der Waals surface area contributed by atoms with Gasteiger partial charge in [-0.3, -0.25) is 19.2 Å². The van der Waals surface area contributed by atoms with Crippen molar-refractivity contribution >= 4 is 35.1 Å². The summed E-state index contributed by atoms with van der Waals surface area (Å²) in [4.78, 5) is 61.0. The van der Waals surface area contributed by atoms with E-state index < -0.39 is 30.6 Å². The number of rotatable bonds is 12. The molecule has 0 aliphatic heterocycles. The van der Waals surface area contributed by atoms with Crippen molar-refractivity contribution in [3.63, 3.8) is 0 Å². The molecule has 0 saturated carbocycles. The van der Waals surface area contributed by atoms with Gasteiger partial charge < -0.3 is 19.5 Å². The van der Waals surface area contributed by atoms with E-state index in [2.05, 4.69) is 5.32 Å². The number of hydrogen-bond acceptors (Lipinski definition) is 8. The average Bonchev–Trinajstić information content (AvgIpc) is 2.95. The maximum Gasteiger partial charge on any atom is 0.338 e. The van der Waals surface area contributed by atoms with Crippen LogP contribution in [0.4, 0.5) is 5.69 Å². The van der Waals surface area contributed by atoms with Gasteiger partial charge in [0.25, 0.3) is 0 Å². The van der Waals surface area contributed by atoms with E-state index in [1.54, 1.807) is 54.6 Å². The third-order valence-electron chi connectivity index (χ3n) is 5.45. The molecule has 0 saturated heterocycles. The first-order chi connectivity index (χ1) is 18.3. The molecule has 1 atom stereocenters. The van der Waals surface area contributed by atoms with Crippen molar-refractivity contribution in [3.05, 3.63) is 95.6 Å². The third kappa shape index (κ3) is 8.12. The third-order valence-corrected chi connectivity index (χ3v) is 5.45. The monoisotopic (exact) mass is 517 g/mol. The lowest BCUT2D eigenvalue weighted by atomic mass is 10.1. The molecule has 0 spiro atoms. The molecule has 3 aromatic carbocycles. The van der Waals surface area contributed by atoms with Crippen LogP contribution in [0.1, 0.15) is 50.8 Å². The number of nitrogens with one attached hydrogen (secondary N) is 1. The first-order valence-corrected chi connectivity index (χ1v) is 11.8. The Morgan fingerprint density at radius 1 is 0.763 bits per heavy atom. The van der Waals surface area contributed by atoms with Crippen molar-refractivity contribution in [2.75, 3.05) is 19.0 Å². The van der Waals surface area contributed by atoms with E-state index in [1.165, 1.54) is 38.3 Å². The average molecular weight is 518 g/mol. The minimum Gasteiger partial charge on any atom is -0.497 e. The molecule has 0 aliphatic rings. The van der Waals surface area contributed by atoms with Gasteiger partial charge in [-0.05, 0) is 55.5 Å². The van der Waals surface area contributed by atoms with E-state index in [4.69, 9.17) is 14.2 Å². The fourth-order valence-corrected chi connectivity index (χ4v) is 3.33. The summed E-state index contributed by atoms with van der Waals surface area (Å²) in [6, 6.07) is 20.8. The van der Waals surface area contributed by atoms with Crippen LogP contribution in [0.25, 0.3) is 0 Å². The molecule has 38 heavy (non-hydrogen) atoms. The number of esters is 2.